The Kier molecular flexibility index (Phi) is 4.90. The first-order valence-electron chi connectivity index (χ1n) is 11.4. The molecular weight excluding hydrogens is 405 g/mol. The van der Waals surface area contributed by atoms with E-state index in [0.717, 1.165) is 38.5 Å². The lowest BCUT2D eigenvalue weighted by Gasteiger charge is -2.40. The molecule has 8 heteroatoms. The summed E-state index contributed by atoms with van der Waals surface area (Å²) in [7, 11) is 0. The molecule has 1 aliphatic carbocycles. The lowest BCUT2D eigenvalue weighted by molar-refractivity contribution is -0.138. The second-order valence-electron chi connectivity index (χ2n) is 10.3. The number of rotatable bonds is 1. The Morgan fingerprint density at radius 1 is 1.19 bits per heavy atom. The number of hydrogen-bond acceptors (Lipinski definition) is 4. The number of piperazine rings is 1. The molecule has 4 unspecified atom stereocenters. The number of amides is 1. The number of pyridine rings is 1. The van der Waals surface area contributed by atoms with E-state index >= 15 is 0 Å². The first-order valence-corrected chi connectivity index (χ1v) is 11.4. The molecule has 0 aromatic carbocycles. The minimum absolute atomic E-state index is 0.0313. The molecule has 1 N–H and O–H groups in total. The lowest BCUT2D eigenvalue weighted by atomic mass is 9.73. The van der Waals surface area contributed by atoms with Crippen molar-refractivity contribution < 1.29 is 18.0 Å². The molecule has 1 amide bonds. The van der Waals surface area contributed by atoms with Gasteiger partial charge in [-0.1, -0.05) is 6.92 Å². The Labute approximate surface area is 181 Å². The van der Waals surface area contributed by atoms with Gasteiger partial charge in [-0.05, 0) is 50.7 Å². The molecule has 3 fully saturated rings. The third-order valence-corrected chi connectivity index (χ3v) is 8.29. The molecule has 0 bridgehead atoms. The third kappa shape index (κ3) is 3.37. The number of nitrogens with zero attached hydrogens (tertiary/aromatic N) is 3. The molecule has 4 heterocycles. The quantitative estimate of drug-likeness (QED) is 0.735. The van der Waals surface area contributed by atoms with Crippen molar-refractivity contribution in [2.75, 3.05) is 13.1 Å². The van der Waals surface area contributed by atoms with E-state index in [-0.39, 0.29) is 29.8 Å². The van der Waals surface area contributed by atoms with Crippen LogP contribution in [0.2, 0.25) is 0 Å². The fourth-order valence-corrected chi connectivity index (χ4v) is 6.78. The van der Waals surface area contributed by atoms with E-state index in [0.29, 0.717) is 35.8 Å². The van der Waals surface area contributed by atoms with Crippen LogP contribution in [-0.4, -0.2) is 57.9 Å². The summed E-state index contributed by atoms with van der Waals surface area (Å²) in [5, 5.41) is 3.57. The maximum Gasteiger partial charge on any atom is 0.417 e. The van der Waals surface area contributed by atoms with Crippen molar-refractivity contribution in [3.05, 3.63) is 29.1 Å². The van der Waals surface area contributed by atoms with Crippen molar-refractivity contribution in [1.29, 1.82) is 0 Å². The van der Waals surface area contributed by atoms with Gasteiger partial charge in [0, 0.05) is 62.1 Å². The summed E-state index contributed by atoms with van der Waals surface area (Å²) in [4.78, 5) is 22.2. The number of halogens is 3. The number of fused-ring (bicyclic) bond motifs is 2. The first kappa shape index (κ1) is 21.2. The zero-order valence-electron chi connectivity index (χ0n) is 18.4. The van der Waals surface area contributed by atoms with Crippen LogP contribution in [0.25, 0.3) is 0 Å². The van der Waals surface area contributed by atoms with Crippen LogP contribution in [0.5, 0.6) is 0 Å². The van der Waals surface area contributed by atoms with E-state index in [2.05, 4.69) is 36.0 Å². The molecule has 4 aliphatic rings. The van der Waals surface area contributed by atoms with Crippen LogP contribution in [0, 0.1) is 11.3 Å². The number of aromatic nitrogens is 1. The fourth-order valence-electron chi connectivity index (χ4n) is 6.78. The Hall–Kier alpha value is -1.67. The summed E-state index contributed by atoms with van der Waals surface area (Å²) >= 11 is 0. The Morgan fingerprint density at radius 2 is 1.90 bits per heavy atom. The second-order valence-corrected chi connectivity index (χ2v) is 10.3. The normalized spacial score (nSPS) is 38.6. The minimum atomic E-state index is -4.42. The number of nitrogens with one attached hydrogen (secondary N) is 1. The molecule has 0 radical (unpaired) electrons. The van der Waals surface area contributed by atoms with Gasteiger partial charge in [0.25, 0.3) is 0 Å². The van der Waals surface area contributed by atoms with Crippen LogP contribution in [0.4, 0.5) is 13.2 Å². The van der Waals surface area contributed by atoms with E-state index in [4.69, 9.17) is 0 Å². The predicted octanol–water partition coefficient (Wildman–Crippen LogP) is 3.22. The molecule has 31 heavy (non-hydrogen) atoms. The minimum Gasteiger partial charge on any atom is -0.334 e. The SMILES string of the molecule is CC1CN([C@@H]2CC[C@@]3(C2)C(=O)N2Cc4cc(C(F)(F)F)cnc4CC2C3C)CC(C)N1. The molecule has 5 rings (SSSR count). The zero-order valence-corrected chi connectivity index (χ0v) is 18.4. The van der Waals surface area contributed by atoms with Gasteiger partial charge >= 0.3 is 6.18 Å². The van der Waals surface area contributed by atoms with Crippen LogP contribution in [0.15, 0.2) is 12.3 Å². The van der Waals surface area contributed by atoms with Crippen molar-refractivity contribution in [3.8, 4) is 0 Å². The van der Waals surface area contributed by atoms with Gasteiger partial charge in [-0.3, -0.25) is 14.7 Å². The van der Waals surface area contributed by atoms with Gasteiger partial charge < -0.3 is 10.2 Å². The van der Waals surface area contributed by atoms with Crippen LogP contribution < -0.4 is 5.32 Å². The summed E-state index contributed by atoms with van der Waals surface area (Å²) in [6.07, 6.45) is -0.192. The van der Waals surface area contributed by atoms with Crippen molar-refractivity contribution in [1.82, 2.24) is 20.1 Å². The number of hydrogen-bond donors (Lipinski definition) is 1. The van der Waals surface area contributed by atoms with Gasteiger partial charge in [-0.25, -0.2) is 0 Å². The first-order chi connectivity index (χ1) is 14.6. The average molecular weight is 437 g/mol. The van der Waals surface area contributed by atoms with E-state index < -0.39 is 11.7 Å². The van der Waals surface area contributed by atoms with Crippen molar-refractivity contribution >= 4 is 5.91 Å². The summed E-state index contributed by atoms with van der Waals surface area (Å²) < 4.78 is 39.5. The van der Waals surface area contributed by atoms with Gasteiger partial charge in [0.1, 0.15) is 0 Å². The molecule has 170 valence electrons. The van der Waals surface area contributed by atoms with E-state index in [1.807, 2.05) is 4.90 Å². The van der Waals surface area contributed by atoms with Gasteiger partial charge in [0.15, 0.2) is 0 Å². The molecule has 1 spiro atoms. The summed E-state index contributed by atoms with van der Waals surface area (Å²) in [5.74, 6) is 0.326. The number of carbonyl (C=O) groups is 1. The highest BCUT2D eigenvalue weighted by molar-refractivity contribution is 5.87. The van der Waals surface area contributed by atoms with E-state index in [1.54, 1.807) is 0 Å². The molecule has 1 aromatic heterocycles. The number of carbonyl (C=O) groups excluding carboxylic acids is 1. The van der Waals surface area contributed by atoms with Crippen LogP contribution in [0.3, 0.4) is 0 Å². The molecule has 1 aromatic rings. The summed E-state index contributed by atoms with van der Waals surface area (Å²) in [5.41, 5.74) is 0.136. The van der Waals surface area contributed by atoms with Crippen molar-refractivity contribution in [2.24, 2.45) is 11.3 Å². The van der Waals surface area contributed by atoms with E-state index in [9.17, 15) is 18.0 Å². The van der Waals surface area contributed by atoms with Crippen molar-refractivity contribution in [3.63, 3.8) is 0 Å². The largest absolute Gasteiger partial charge is 0.417 e. The highest BCUT2D eigenvalue weighted by atomic mass is 19.4. The van der Waals surface area contributed by atoms with Crippen LogP contribution >= 0.6 is 0 Å². The van der Waals surface area contributed by atoms with Gasteiger partial charge in [-0.2, -0.15) is 13.2 Å². The highest BCUT2D eigenvalue weighted by Gasteiger charge is 2.61. The second kappa shape index (κ2) is 7.17. The number of alkyl halides is 3. The van der Waals surface area contributed by atoms with Crippen molar-refractivity contribution in [2.45, 2.75) is 83.3 Å². The zero-order chi connectivity index (χ0) is 22.1. The lowest BCUT2D eigenvalue weighted by Crippen LogP contribution is -2.56. The average Bonchev–Trinajstić information content (AvgIpc) is 3.23. The Morgan fingerprint density at radius 3 is 2.58 bits per heavy atom. The Balaban J connectivity index is 1.38. The molecule has 5 nitrogen and oxygen atoms in total. The maximum absolute atomic E-state index is 13.7. The molecule has 3 aliphatic heterocycles. The molecular formula is C23H31F3N4O. The van der Waals surface area contributed by atoms with Gasteiger partial charge in [-0.15, -0.1) is 0 Å². The summed E-state index contributed by atoms with van der Waals surface area (Å²) in [6.45, 7) is 8.82. The van der Waals surface area contributed by atoms with Gasteiger partial charge in [0.2, 0.25) is 5.91 Å². The molecule has 2 saturated heterocycles. The monoisotopic (exact) mass is 436 g/mol. The molecule has 1 saturated carbocycles. The smallest absolute Gasteiger partial charge is 0.334 e. The van der Waals surface area contributed by atoms with E-state index in [1.165, 1.54) is 6.07 Å². The summed E-state index contributed by atoms with van der Waals surface area (Å²) in [6, 6.07) is 2.49. The van der Waals surface area contributed by atoms with Crippen LogP contribution in [0.1, 0.15) is 56.9 Å². The standard InChI is InChI=1S/C23H31F3N4O/c1-13-10-29(11-14(2)28-13)18-4-5-22(8-18)15(3)20-7-19-16(12-30(20)21(22)31)6-17(9-27-19)23(24,25)26/h6,9,13-15,18,20,28H,4-5,7-8,10-12H2,1-3H3/t13?,14?,15?,18-,20?,22+/m1/s1. The maximum atomic E-state index is 13.7. The topological polar surface area (TPSA) is 48.5 Å². The van der Waals surface area contributed by atoms with Crippen LogP contribution in [-0.2, 0) is 23.9 Å². The predicted molar refractivity (Wildman–Crippen MR) is 110 cm³/mol. The highest BCUT2D eigenvalue weighted by Crippen LogP contribution is 2.55. The fraction of sp³-hybridized carbons (Fsp3) is 0.739. The Bertz CT molecular complexity index is 880. The third-order valence-electron chi connectivity index (χ3n) is 8.29. The molecule has 6 atom stereocenters. The van der Waals surface area contributed by atoms with Gasteiger partial charge in [0.05, 0.1) is 11.0 Å².